The summed E-state index contributed by atoms with van der Waals surface area (Å²) in [6.45, 7) is 2.21. The second-order valence-electron chi connectivity index (χ2n) is 7.54. The van der Waals surface area contributed by atoms with E-state index in [0.29, 0.717) is 10.8 Å². The van der Waals surface area contributed by atoms with Crippen LogP contribution >= 0.6 is 12.2 Å². The average molecular weight is 383 g/mol. The second kappa shape index (κ2) is 9.84. The van der Waals surface area contributed by atoms with Crippen LogP contribution in [0.4, 0.5) is 0 Å². The van der Waals surface area contributed by atoms with Crippen LogP contribution in [-0.4, -0.2) is 22.0 Å². The smallest absolute Gasteiger partial charge is 0.276 e. The summed E-state index contributed by atoms with van der Waals surface area (Å²) in [7, 11) is 0. The van der Waals surface area contributed by atoms with E-state index in [1.807, 2.05) is 29.2 Å². The Labute approximate surface area is 168 Å². The van der Waals surface area contributed by atoms with Gasteiger partial charge in [-0.1, -0.05) is 75.4 Å². The van der Waals surface area contributed by atoms with Gasteiger partial charge >= 0.3 is 0 Å². The van der Waals surface area contributed by atoms with Crippen molar-refractivity contribution in [3.63, 3.8) is 0 Å². The molecule has 1 aromatic rings. The van der Waals surface area contributed by atoms with Crippen LogP contribution in [0.1, 0.15) is 70.3 Å². The quantitative estimate of drug-likeness (QED) is 0.379. The maximum atomic E-state index is 13.0. The molecule has 2 aliphatic rings. The lowest BCUT2D eigenvalue weighted by Gasteiger charge is -2.29. The van der Waals surface area contributed by atoms with Gasteiger partial charge < -0.3 is 5.32 Å². The van der Waals surface area contributed by atoms with E-state index in [2.05, 4.69) is 30.4 Å². The number of allylic oxidation sites excluding steroid dienone is 2. The molecule has 0 unspecified atom stereocenters. The molecule has 1 heterocycles. The zero-order valence-corrected chi connectivity index (χ0v) is 17.1. The third kappa shape index (κ3) is 5.29. The highest BCUT2D eigenvalue weighted by Crippen LogP contribution is 2.27. The third-order valence-corrected chi connectivity index (χ3v) is 5.70. The molecular weight excluding hydrogens is 352 g/mol. The Morgan fingerprint density at radius 3 is 2.63 bits per heavy atom. The number of carbonyl (C=O) groups excluding carboxylic acids is 1. The molecule has 1 N–H and O–H groups in total. The lowest BCUT2D eigenvalue weighted by molar-refractivity contribution is -0.124. The molecule has 1 aliphatic heterocycles. The molecule has 2 fully saturated rings. The van der Waals surface area contributed by atoms with Gasteiger partial charge in [-0.05, 0) is 55.1 Å². The molecule has 4 heteroatoms. The summed E-state index contributed by atoms with van der Waals surface area (Å²) < 4.78 is 0. The topological polar surface area (TPSA) is 32.3 Å². The fraction of sp³-hybridized carbons (Fsp3) is 0.478. The summed E-state index contributed by atoms with van der Waals surface area (Å²) in [6, 6.07) is 10.6. The molecule has 1 aliphatic carbocycles. The predicted molar refractivity (Wildman–Crippen MR) is 116 cm³/mol. The number of unbranched alkanes of at least 4 members (excludes halogenated alkanes) is 2. The van der Waals surface area contributed by atoms with E-state index in [0.717, 1.165) is 31.2 Å². The van der Waals surface area contributed by atoms with Crippen molar-refractivity contribution in [2.24, 2.45) is 0 Å². The Morgan fingerprint density at radius 1 is 1.19 bits per heavy atom. The fourth-order valence-corrected chi connectivity index (χ4v) is 4.28. The maximum absolute atomic E-state index is 13.0. The third-order valence-electron chi connectivity index (χ3n) is 5.40. The van der Waals surface area contributed by atoms with Crippen LogP contribution in [0.2, 0.25) is 0 Å². The molecule has 27 heavy (non-hydrogen) atoms. The number of hydrogen-bond donors (Lipinski definition) is 1. The van der Waals surface area contributed by atoms with Crippen LogP contribution in [-0.2, 0) is 4.79 Å². The zero-order chi connectivity index (χ0) is 19.1. The molecule has 0 radical (unpaired) electrons. The largest absolute Gasteiger partial charge is 0.328 e. The van der Waals surface area contributed by atoms with Crippen LogP contribution < -0.4 is 5.32 Å². The van der Waals surface area contributed by atoms with Gasteiger partial charge in [0.15, 0.2) is 5.11 Å². The second-order valence-corrected chi connectivity index (χ2v) is 7.93. The van der Waals surface area contributed by atoms with E-state index in [1.165, 1.54) is 37.7 Å². The summed E-state index contributed by atoms with van der Waals surface area (Å²) in [4.78, 5) is 14.8. The van der Waals surface area contributed by atoms with Crippen LogP contribution in [0.15, 0.2) is 47.7 Å². The highest BCUT2D eigenvalue weighted by Gasteiger charge is 2.36. The number of thiocarbonyl (C=S) groups is 1. The molecule has 1 amide bonds. The molecule has 1 aromatic carbocycles. The van der Waals surface area contributed by atoms with Crippen molar-refractivity contribution in [2.45, 2.75) is 70.8 Å². The van der Waals surface area contributed by atoms with E-state index in [1.54, 1.807) is 0 Å². The van der Waals surface area contributed by atoms with Crippen LogP contribution in [0.3, 0.4) is 0 Å². The van der Waals surface area contributed by atoms with E-state index in [9.17, 15) is 4.79 Å². The van der Waals surface area contributed by atoms with Crippen molar-refractivity contribution in [1.29, 1.82) is 0 Å². The lowest BCUT2D eigenvalue weighted by atomic mass is 9.94. The van der Waals surface area contributed by atoms with Crippen molar-refractivity contribution < 1.29 is 4.79 Å². The van der Waals surface area contributed by atoms with Crippen molar-refractivity contribution in [3.8, 4) is 0 Å². The number of hydrogen-bond acceptors (Lipinski definition) is 2. The SMILES string of the molecule is CCCCCC(=C/c1ccccc1)/C=C1/NC(=S)N(C2CCCCC2)C1=O. The number of amides is 1. The Bertz CT molecular complexity index is 717. The van der Waals surface area contributed by atoms with Crippen molar-refractivity contribution in [3.05, 3.63) is 53.2 Å². The number of rotatable bonds is 7. The molecule has 3 nitrogen and oxygen atoms in total. The van der Waals surface area contributed by atoms with Gasteiger partial charge in [0.1, 0.15) is 5.70 Å². The standard InChI is InChI=1S/C23H30N2OS/c1-2-3-6-13-19(16-18-11-7-4-8-12-18)17-21-22(26)25(23(27)24-21)20-14-9-5-10-15-20/h4,7-8,11-12,16-17,20H,2-3,5-6,9-10,13-15H2,1H3,(H,24,27)/b19-16-,21-17+. The normalized spacial score (nSPS) is 20.4. The first kappa shape index (κ1) is 19.8. The van der Waals surface area contributed by atoms with Crippen molar-refractivity contribution in [2.75, 3.05) is 0 Å². The summed E-state index contributed by atoms with van der Waals surface area (Å²) in [5.41, 5.74) is 2.97. The molecule has 0 atom stereocenters. The van der Waals surface area contributed by atoms with E-state index >= 15 is 0 Å². The Balaban J connectivity index is 1.80. The Morgan fingerprint density at radius 2 is 1.93 bits per heavy atom. The van der Waals surface area contributed by atoms with Crippen LogP contribution in [0, 0.1) is 0 Å². The molecule has 1 saturated carbocycles. The van der Waals surface area contributed by atoms with Gasteiger partial charge in [0, 0.05) is 6.04 Å². The number of nitrogens with one attached hydrogen (secondary N) is 1. The van der Waals surface area contributed by atoms with Gasteiger partial charge in [0.25, 0.3) is 5.91 Å². The minimum Gasteiger partial charge on any atom is -0.328 e. The monoisotopic (exact) mass is 382 g/mol. The summed E-state index contributed by atoms with van der Waals surface area (Å²) in [5.74, 6) is 0.0429. The summed E-state index contributed by atoms with van der Waals surface area (Å²) in [6.07, 6.45) is 14.4. The number of carbonyl (C=O) groups is 1. The Hall–Kier alpha value is -1.94. The highest BCUT2D eigenvalue weighted by molar-refractivity contribution is 7.80. The lowest BCUT2D eigenvalue weighted by Crippen LogP contribution is -2.41. The minimum absolute atomic E-state index is 0.0429. The molecular formula is C23H30N2OS. The molecule has 0 spiro atoms. The highest BCUT2D eigenvalue weighted by atomic mass is 32.1. The van der Waals surface area contributed by atoms with Gasteiger partial charge in [-0.3, -0.25) is 9.69 Å². The number of benzene rings is 1. The van der Waals surface area contributed by atoms with E-state index in [-0.39, 0.29) is 11.9 Å². The average Bonchev–Trinajstić information content (AvgIpc) is 2.96. The van der Waals surface area contributed by atoms with Gasteiger partial charge in [-0.15, -0.1) is 0 Å². The summed E-state index contributed by atoms with van der Waals surface area (Å²) >= 11 is 5.50. The molecule has 0 bridgehead atoms. The summed E-state index contributed by atoms with van der Waals surface area (Å²) in [5, 5.41) is 3.76. The van der Waals surface area contributed by atoms with Gasteiger partial charge in [0.2, 0.25) is 0 Å². The van der Waals surface area contributed by atoms with E-state index in [4.69, 9.17) is 12.2 Å². The first-order valence-corrected chi connectivity index (χ1v) is 10.7. The molecule has 1 saturated heterocycles. The Kier molecular flexibility index (Phi) is 7.22. The van der Waals surface area contributed by atoms with Gasteiger partial charge in [0.05, 0.1) is 0 Å². The van der Waals surface area contributed by atoms with Gasteiger partial charge in [-0.25, -0.2) is 0 Å². The van der Waals surface area contributed by atoms with Crippen molar-refractivity contribution in [1.82, 2.24) is 10.2 Å². The number of nitrogens with zero attached hydrogens (tertiary/aromatic N) is 1. The molecule has 0 aromatic heterocycles. The molecule has 144 valence electrons. The maximum Gasteiger partial charge on any atom is 0.276 e. The molecule has 3 rings (SSSR count). The predicted octanol–water partition coefficient (Wildman–Crippen LogP) is 5.58. The fourth-order valence-electron chi connectivity index (χ4n) is 3.93. The minimum atomic E-state index is 0.0429. The van der Waals surface area contributed by atoms with Crippen molar-refractivity contribution >= 4 is 29.3 Å². The van der Waals surface area contributed by atoms with Crippen LogP contribution in [0.25, 0.3) is 6.08 Å². The zero-order valence-electron chi connectivity index (χ0n) is 16.2. The first-order chi connectivity index (χ1) is 13.2. The first-order valence-electron chi connectivity index (χ1n) is 10.3. The van der Waals surface area contributed by atoms with Crippen LogP contribution in [0.5, 0.6) is 0 Å². The van der Waals surface area contributed by atoms with E-state index < -0.39 is 0 Å². The van der Waals surface area contributed by atoms with Gasteiger partial charge in [-0.2, -0.15) is 0 Å².